The van der Waals surface area contributed by atoms with E-state index in [0.717, 1.165) is 5.56 Å². The van der Waals surface area contributed by atoms with Crippen LogP contribution in [0.1, 0.15) is 25.3 Å². The summed E-state index contributed by atoms with van der Waals surface area (Å²) in [6.07, 6.45) is 0. The Labute approximate surface area is 139 Å². The lowest BCUT2D eigenvalue weighted by Crippen LogP contribution is -2.28. The Morgan fingerprint density at radius 3 is 2.86 bits per heavy atom. The Hall–Kier alpha value is -1.90. The largest absolute Gasteiger partial charge is 0.463 e. The highest BCUT2D eigenvalue weighted by atomic mass is 35.5. The second-order valence-electron chi connectivity index (χ2n) is 4.75. The molecule has 0 bridgehead atoms. The maximum Gasteiger partial charge on any atom is 0.336 e. The summed E-state index contributed by atoms with van der Waals surface area (Å²) in [5, 5.41) is 13.4. The number of hydrogen-bond acceptors (Lipinski definition) is 5. The van der Waals surface area contributed by atoms with Gasteiger partial charge in [0.15, 0.2) is 0 Å². The molecule has 0 aromatic heterocycles. The standard InChI is InChI=1S/C16H15ClN2O2S/c1-3-21-16(20)13-9(2)19-15(22)12(8-18)14(13)10-5-4-6-11(17)7-10/h4-7,14,19,22H,3H2,1-2H3. The molecule has 1 atom stereocenters. The molecule has 6 heteroatoms. The van der Waals surface area contributed by atoms with Gasteiger partial charge in [-0.25, -0.2) is 4.79 Å². The third-order valence-corrected chi connectivity index (χ3v) is 3.93. The monoisotopic (exact) mass is 334 g/mol. The van der Waals surface area contributed by atoms with Crippen LogP contribution in [0.5, 0.6) is 0 Å². The number of ether oxygens (including phenoxy) is 1. The highest BCUT2D eigenvalue weighted by molar-refractivity contribution is 7.84. The summed E-state index contributed by atoms with van der Waals surface area (Å²) in [5.41, 5.74) is 2.13. The van der Waals surface area contributed by atoms with E-state index in [4.69, 9.17) is 16.3 Å². The van der Waals surface area contributed by atoms with Gasteiger partial charge in [-0.15, -0.1) is 12.6 Å². The first-order chi connectivity index (χ1) is 10.5. The lowest BCUT2D eigenvalue weighted by Gasteiger charge is -2.28. The number of carbonyl (C=O) groups excluding carboxylic acids is 1. The first kappa shape index (κ1) is 16.5. The molecular formula is C16H15ClN2O2S. The average molecular weight is 335 g/mol. The quantitative estimate of drug-likeness (QED) is 0.655. The van der Waals surface area contributed by atoms with Crippen LogP contribution in [-0.4, -0.2) is 12.6 Å². The van der Waals surface area contributed by atoms with E-state index in [0.29, 0.717) is 26.9 Å². The molecule has 0 radical (unpaired) electrons. The summed E-state index contributed by atoms with van der Waals surface area (Å²) >= 11 is 10.4. The molecule has 1 aliphatic rings. The molecule has 0 amide bonds. The minimum Gasteiger partial charge on any atom is -0.463 e. The Morgan fingerprint density at radius 2 is 2.27 bits per heavy atom. The molecule has 22 heavy (non-hydrogen) atoms. The molecule has 1 N–H and O–H groups in total. The number of carbonyl (C=O) groups is 1. The number of thiol groups is 1. The molecule has 0 spiro atoms. The van der Waals surface area contributed by atoms with Gasteiger partial charge < -0.3 is 10.1 Å². The first-order valence-corrected chi connectivity index (χ1v) is 7.55. The zero-order valence-electron chi connectivity index (χ0n) is 12.2. The summed E-state index contributed by atoms with van der Waals surface area (Å²) in [6.45, 7) is 3.76. The fraction of sp³-hybridized carbons (Fsp3) is 0.250. The van der Waals surface area contributed by atoms with Gasteiger partial charge in [-0.3, -0.25) is 0 Å². The van der Waals surface area contributed by atoms with Crippen LogP contribution in [0.15, 0.2) is 46.1 Å². The highest BCUT2D eigenvalue weighted by Crippen LogP contribution is 2.39. The van der Waals surface area contributed by atoms with Crippen LogP contribution in [0.4, 0.5) is 0 Å². The lowest BCUT2D eigenvalue weighted by molar-refractivity contribution is -0.138. The van der Waals surface area contributed by atoms with E-state index < -0.39 is 11.9 Å². The SMILES string of the molecule is CCOC(=O)C1=C(C)NC(S)=C(C#N)C1c1cccc(Cl)c1. The van der Waals surface area contributed by atoms with Gasteiger partial charge in [0, 0.05) is 10.7 Å². The fourth-order valence-electron chi connectivity index (χ4n) is 2.43. The van der Waals surface area contributed by atoms with Crippen LogP contribution in [0.25, 0.3) is 0 Å². The Balaban J connectivity index is 2.62. The number of benzene rings is 1. The van der Waals surface area contributed by atoms with Crippen LogP contribution in [-0.2, 0) is 9.53 Å². The van der Waals surface area contributed by atoms with E-state index >= 15 is 0 Å². The van der Waals surface area contributed by atoms with Crippen LogP contribution >= 0.6 is 24.2 Å². The van der Waals surface area contributed by atoms with E-state index in [1.54, 1.807) is 32.0 Å². The van der Waals surface area contributed by atoms with Crippen molar-refractivity contribution in [1.29, 1.82) is 5.26 Å². The number of nitrogens with zero attached hydrogens (tertiary/aromatic N) is 1. The summed E-state index contributed by atoms with van der Waals surface area (Å²) in [5.74, 6) is -0.998. The van der Waals surface area contributed by atoms with Gasteiger partial charge in [0.1, 0.15) is 0 Å². The van der Waals surface area contributed by atoms with E-state index in [9.17, 15) is 10.1 Å². The number of halogens is 1. The van der Waals surface area contributed by atoms with Crippen LogP contribution in [0.2, 0.25) is 5.02 Å². The van der Waals surface area contributed by atoms with Crippen molar-refractivity contribution < 1.29 is 9.53 Å². The predicted octanol–water partition coefficient (Wildman–Crippen LogP) is 3.53. The molecule has 1 unspecified atom stereocenters. The molecule has 1 aromatic carbocycles. The van der Waals surface area contributed by atoms with Gasteiger partial charge in [-0.2, -0.15) is 5.26 Å². The van der Waals surface area contributed by atoms with Crippen molar-refractivity contribution in [3.05, 3.63) is 56.7 Å². The summed E-state index contributed by atoms with van der Waals surface area (Å²) in [6, 6.07) is 9.21. The lowest BCUT2D eigenvalue weighted by atomic mass is 9.82. The molecule has 4 nitrogen and oxygen atoms in total. The topological polar surface area (TPSA) is 62.1 Å². The Morgan fingerprint density at radius 1 is 1.55 bits per heavy atom. The van der Waals surface area contributed by atoms with Gasteiger partial charge in [0.25, 0.3) is 0 Å². The number of nitrogens with one attached hydrogen (secondary N) is 1. The number of nitriles is 1. The van der Waals surface area contributed by atoms with Crippen LogP contribution < -0.4 is 5.32 Å². The summed E-state index contributed by atoms with van der Waals surface area (Å²) < 4.78 is 5.14. The van der Waals surface area contributed by atoms with Gasteiger partial charge >= 0.3 is 5.97 Å². The van der Waals surface area contributed by atoms with Crippen molar-refractivity contribution in [2.24, 2.45) is 0 Å². The average Bonchev–Trinajstić information content (AvgIpc) is 2.46. The number of rotatable bonds is 3. The maximum atomic E-state index is 12.3. The minimum atomic E-state index is -0.545. The minimum absolute atomic E-state index is 0.261. The third-order valence-electron chi connectivity index (χ3n) is 3.34. The molecule has 0 saturated carbocycles. The van der Waals surface area contributed by atoms with E-state index in [-0.39, 0.29) is 6.61 Å². The molecule has 114 valence electrons. The molecule has 1 heterocycles. The van der Waals surface area contributed by atoms with Crippen molar-refractivity contribution in [3.8, 4) is 6.07 Å². The third kappa shape index (κ3) is 3.13. The van der Waals surface area contributed by atoms with E-state index in [1.807, 2.05) is 6.07 Å². The Bertz CT molecular complexity index is 719. The maximum absolute atomic E-state index is 12.3. The van der Waals surface area contributed by atoms with E-state index in [1.165, 1.54) is 0 Å². The van der Waals surface area contributed by atoms with Crippen molar-refractivity contribution in [2.45, 2.75) is 19.8 Å². The first-order valence-electron chi connectivity index (χ1n) is 6.73. The summed E-state index contributed by atoms with van der Waals surface area (Å²) in [7, 11) is 0. The van der Waals surface area contributed by atoms with Gasteiger partial charge in [0.05, 0.1) is 34.8 Å². The van der Waals surface area contributed by atoms with Gasteiger partial charge in [0.2, 0.25) is 0 Å². The van der Waals surface area contributed by atoms with Crippen molar-refractivity contribution >= 4 is 30.2 Å². The molecule has 0 saturated heterocycles. The second kappa shape index (κ2) is 6.91. The van der Waals surface area contributed by atoms with Crippen molar-refractivity contribution in [3.63, 3.8) is 0 Å². The summed E-state index contributed by atoms with van der Waals surface area (Å²) in [4.78, 5) is 12.3. The predicted molar refractivity (Wildman–Crippen MR) is 88.3 cm³/mol. The fourth-order valence-corrected chi connectivity index (χ4v) is 2.97. The van der Waals surface area contributed by atoms with Crippen molar-refractivity contribution in [2.75, 3.05) is 6.61 Å². The number of dihydropyridines is 1. The molecule has 0 fully saturated rings. The van der Waals surface area contributed by atoms with Gasteiger partial charge in [-0.1, -0.05) is 23.7 Å². The number of allylic oxidation sites excluding steroid dienone is 2. The molecule has 1 aliphatic heterocycles. The molecular weight excluding hydrogens is 320 g/mol. The number of esters is 1. The van der Waals surface area contributed by atoms with Crippen LogP contribution in [0.3, 0.4) is 0 Å². The molecule has 1 aromatic rings. The zero-order chi connectivity index (χ0) is 16.3. The van der Waals surface area contributed by atoms with E-state index in [2.05, 4.69) is 24.0 Å². The molecule has 0 aliphatic carbocycles. The Kier molecular flexibility index (Phi) is 5.17. The van der Waals surface area contributed by atoms with Crippen molar-refractivity contribution in [1.82, 2.24) is 5.32 Å². The normalized spacial score (nSPS) is 17.9. The zero-order valence-corrected chi connectivity index (χ0v) is 13.8. The smallest absolute Gasteiger partial charge is 0.336 e. The van der Waals surface area contributed by atoms with Crippen LogP contribution in [0, 0.1) is 11.3 Å². The second-order valence-corrected chi connectivity index (χ2v) is 5.63. The highest BCUT2D eigenvalue weighted by Gasteiger charge is 2.34. The molecule has 2 rings (SSSR count). The number of hydrogen-bond donors (Lipinski definition) is 2. The van der Waals surface area contributed by atoms with Gasteiger partial charge in [-0.05, 0) is 31.5 Å².